The minimum absolute atomic E-state index is 0.137. The third-order valence-corrected chi connectivity index (χ3v) is 5.43. The largest absolute Gasteiger partial charge is 0.341 e. The van der Waals surface area contributed by atoms with Gasteiger partial charge in [-0.2, -0.15) is 5.26 Å². The maximum absolute atomic E-state index is 12.0. The summed E-state index contributed by atoms with van der Waals surface area (Å²) in [5, 5.41) is 14.8. The number of nitrogens with one attached hydrogen (secondary N) is 1. The topological polar surface area (TPSA) is 91.0 Å². The van der Waals surface area contributed by atoms with Crippen LogP contribution in [0.4, 0.5) is 4.79 Å². The fourth-order valence-electron chi connectivity index (χ4n) is 3.17. The predicted octanol–water partition coefficient (Wildman–Crippen LogP) is 4.09. The fraction of sp³-hybridized carbons (Fsp3) is 0.150. The van der Waals surface area contributed by atoms with E-state index in [1.54, 1.807) is 35.9 Å². The first-order chi connectivity index (χ1) is 13.2. The van der Waals surface area contributed by atoms with Gasteiger partial charge in [-0.1, -0.05) is 12.1 Å². The van der Waals surface area contributed by atoms with Crippen molar-refractivity contribution < 1.29 is 4.79 Å². The highest BCUT2D eigenvalue weighted by Crippen LogP contribution is 2.37. The van der Waals surface area contributed by atoms with Gasteiger partial charge in [-0.25, -0.2) is 14.8 Å². The molecule has 132 valence electrons. The molecule has 0 fully saturated rings. The van der Waals surface area contributed by atoms with Crippen LogP contribution in [0, 0.1) is 11.3 Å². The Hall–Kier alpha value is -3.37. The number of benzene rings is 1. The van der Waals surface area contributed by atoms with Crippen molar-refractivity contribution in [3.8, 4) is 17.3 Å². The lowest BCUT2D eigenvalue weighted by Gasteiger charge is -2.29. The van der Waals surface area contributed by atoms with Crippen LogP contribution in [0.1, 0.15) is 35.0 Å². The molecule has 0 radical (unpaired) electrons. The van der Waals surface area contributed by atoms with Crippen molar-refractivity contribution in [3.63, 3.8) is 0 Å². The number of nitriles is 1. The number of pyridine rings is 1. The number of nitrogens with zero attached hydrogens (tertiary/aromatic N) is 4. The first kappa shape index (κ1) is 17.1. The van der Waals surface area contributed by atoms with Crippen molar-refractivity contribution in [2.75, 3.05) is 0 Å². The number of amides is 2. The lowest BCUT2D eigenvalue weighted by atomic mass is 9.89. The van der Waals surface area contributed by atoms with Gasteiger partial charge in [-0.3, -0.25) is 4.98 Å². The molecule has 1 aromatic carbocycles. The number of aliphatic imine (C=N–C) groups is 1. The second-order valence-corrected chi connectivity index (χ2v) is 7.09. The molecule has 0 bridgehead atoms. The highest BCUT2D eigenvalue weighted by atomic mass is 32.1. The molecule has 0 saturated heterocycles. The van der Waals surface area contributed by atoms with Gasteiger partial charge in [0.1, 0.15) is 5.01 Å². The van der Waals surface area contributed by atoms with Crippen LogP contribution in [0.5, 0.6) is 0 Å². The quantitative estimate of drug-likeness (QED) is 0.749. The van der Waals surface area contributed by atoms with Crippen molar-refractivity contribution >= 4 is 23.1 Å². The number of thiazole rings is 1. The molecule has 3 aromatic rings. The van der Waals surface area contributed by atoms with E-state index in [1.165, 1.54) is 0 Å². The average molecular weight is 373 g/mol. The molecule has 0 saturated carbocycles. The van der Waals surface area contributed by atoms with Crippen LogP contribution >= 0.6 is 11.3 Å². The van der Waals surface area contributed by atoms with Crippen LogP contribution in [0.2, 0.25) is 0 Å². The van der Waals surface area contributed by atoms with Crippen molar-refractivity contribution in [2.45, 2.75) is 18.9 Å². The van der Waals surface area contributed by atoms with Gasteiger partial charge in [0.2, 0.25) is 0 Å². The highest BCUT2D eigenvalue weighted by molar-refractivity contribution is 7.10. The number of carbonyl (C=O) groups excluding carboxylic acids is 1. The molecular weight excluding hydrogens is 358 g/mol. The molecule has 1 aliphatic heterocycles. The van der Waals surface area contributed by atoms with Crippen molar-refractivity contribution in [2.24, 2.45) is 4.99 Å². The van der Waals surface area contributed by atoms with E-state index in [2.05, 4.69) is 21.4 Å². The normalized spacial score (nSPS) is 19.1. The lowest BCUT2D eigenvalue weighted by molar-refractivity contribution is 0.243. The Balaban J connectivity index is 1.72. The fourth-order valence-corrected chi connectivity index (χ4v) is 4.19. The summed E-state index contributed by atoms with van der Waals surface area (Å²) in [4.78, 5) is 24.9. The van der Waals surface area contributed by atoms with Crippen molar-refractivity contribution in [1.82, 2.24) is 15.3 Å². The van der Waals surface area contributed by atoms with Gasteiger partial charge in [-0.05, 0) is 36.8 Å². The molecule has 2 aromatic heterocycles. The van der Waals surface area contributed by atoms with Gasteiger partial charge in [0.15, 0.2) is 0 Å². The van der Waals surface area contributed by atoms with Gasteiger partial charge < -0.3 is 5.32 Å². The van der Waals surface area contributed by atoms with E-state index in [0.717, 1.165) is 27.5 Å². The Bertz CT molecular complexity index is 1050. The zero-order valence-corrected chi connectivity index (χ0v) is 15.3. The summed E-state index contributed by atoms with van der Waals surface area (Å²) in [6, 6.07) is 12.7. The minimum atomic E-state index is -0.338. The highest BCUT2D eigenvalue weighted by Gasteiger charge is 2.34. The van der Waals surface area contributed by atoms with Gasteiger partial charge in [0.05, 0.1) is 29.3 Å². The molecule has 3 heterocycles. The number of carbonyl (C=O) groups is 1. The number of urea groups is 1. The second kappa shape index (κ2) is 7.09. The molecular formula is C20H15N5OS. The van der Waals surface area contributed by atoms with Crippen LogP contribution in [0.25, 0.3) is 11.3 Å². The number of hydrogen-bond donors (Lipinski definition) is 1. The molecule has 1 N–H and O–H groups in total. The molecule has 7 heteroatoms. The minimum Gasteiger partial charge on any atom is -0.328 e. The maximum Gasteiger partial charge on any atom is 0.341 e. The van der Waals surface area contributed by atoms with E-state index in [1.807, 2.05) is 36.6 Å². The third-order valence-electron chi connectivity index (χ3n) is 4.50. The van der Waals surface area contributed by atoms with Crippen molar-refractivity contribution in [3.05, 3.63) is 70.3 Å². The van der Waals surface area contributed by atoms with Gasteiger partial charge in [0.25, 0.3) is 0 Å². The standard InChI is InChI=1S/C20H15N5OS/c1-12-17(18(25-20(26)23-12)15-6-8-22-9-7-15)19-24-16(11-27-19)14-4-2-13(10-21)3-5-14/h2-9,11,17-18H,1H3,(H,25,26). The van der Waals surface area contributed by atoms with E-state index in [4.69, 9.17) is 10.2 Å². The zero-order valence-electron chi connectivity index (χ0n) is 14.5. The molecule has 2 unspecified atom stereocenters. The molecule has 6 nitrogen and oxygen atoms in total. The van der Waals surface area contributed by atoms with E-state index >= 15 is 0 Å². The second-order valence-electron chi connectivity index (χ2n) is 6.20. The van der Waals surface area contributed by atoms with Crippen LogP contribution in [-0.2, 0) is 0 Å². The maximum atomic E-state index is 12.0. The molecule has 2 amide bonds. The van der Waals surface area contributed by atoms with Crippen LogP contribution in [0.15, 0.2) is 59.2 Å². The summed E-state index contributed by atoms with van der Waals surface area (Å²) in [5.41, 5.74) is 4.11. The van der Waals surface area contributed by atoms with Gasteiger partial charge in [-0.15, -0.1) is 11.3 Å². The van der Waals surface area contributed by atoms with Crippen LogP contribution in [-0.4, -0.2) is 21.7 Å². The SMILES string of the molecule is CC1=NC(=O)NC(c2ccncc2)C1c1nc(-c2ccc(C#N)cc2)cs1. The molecule has 4 rings (SSSR count). The summed E-state index contributed by atoms with van der Waals surface area (Å²) in [7, 11) is 0. The van der Waals surface area contributed by atoms with Crippen molar-refractivity contribution in [1.29, 1.82) is 5.26 Å². The summed E-state index contributed by atoms with van der Waals surface area (Å²) >= 11 is 1.54. The number of hydrogen-bond acceptors (Lipinski definition) is 5. The summed E-state index contributed by atoms with van der Waals surface area (Å²) in [5.74, 6) is -0.137. The Labute approximate surface area is 160 Å². The zero-order chi connectivity index (χ0) is 18.8. The Morgan fingerprint density at radius 3 is 2.59 bits per heavy atom. The monoisotopic (exact) mass is 373 g/mol. The Kier molecular flexibility index (Phi) is 4.48. The summed E-state index contributed by atoms with van der Waals surface area (Å²) < 4.78 is 0. The molecule has 0 aliphatic carbocycles. The lowest BCUT2D eigenvalue weighted by Crippen LogP contribution is -2.38. The molecule has 27 heavy (non-hydrogen) atoms. The summed E-state index contributed by atoms with van der Waals surface area (Å²) in [6.45, 7) is 1.86. The van der Waals surface area contributed by atoms with Crippen LogP contribution in [0.3, 0.4) is 0 Å². The number of rotatable bonds is 3. The summed E-state index contributed by atoms with van der Waals surface area (Å²) in [6.07, 6.45) is 3.42. The number of aromatic nitrogens is 2. The van der Waals surface area contributed by atoms with Crippen LogP contribution < -0.4 is 5.32 Å². The van der Waals surface area contributed by atoms with Gasteiger partial charge in [0, 0.05) is 29.0 Å². The predicted molar refractivity (Wildman–Crippen MR) is 104 cm³/mol. The van der Waals surface area contributed by atoms with E-state index in [9.17, 15) is 4.79 Å². The smallest absolute Gasteiger partial charge is 0.328 e. The molecule has 1 aliphatic rings. The Morgan fingerprint density at radius 2 is 1.89 bits per heavy atom. The first-order valence-electron chi connectivity index (χ1n) is 8.37. The van der Waals surface area contributed by atoms with Gasteiger partial charge >= 0.3 is 6.03 Å². The molecule has 2 atom stereocenters. The molecule has 0 spiro atoms. The van der Waals surface area contributed by atoms with E-state index in [0.29, 0.717) is 5.56 Å². The van der Waals surface area contributed by atoms with E-state index in [-0.39, 0.29) is 18.0 Å². The average Bonchev–Trinajstić information content (AvgIpc) is 3.18. The third kappa shape index (κ3) is 3.35. The Morgan fingerprint density at radius 1 is 1.15 bits per heavy atom. The van der Waals surface area contributed by atoms with E-state index < -0.39 is 0 Å². The first-order valence-corrected chi connectivity index (χ1v) is 9.25.